The minimum atomic E-state index is 1.12. The van der Waals surface area contributed by atoms with E-state index >= 15 is 0 Å². The maximum atomic E-state index is 3.29. The Labute approximate surface area is 109 Å². The zero-order valence-corrected chi connectivity index (χ0v) is 11.5. The third-order valence-corrected chi connectivity index (χ3v) is 3.33. The smallest absolute Gasteiger partial charge is 0.0571 e. The molecule has 0 aliphatic rings. The van der Waals surface area contributed by atoms with Crippen LogP contribution in [0.2, 0.25) is 0 Å². The molecule has 2 N–H and O–H groups in total. The fraction of sp³-hybridized carbons (Fsp3) is 0.250. The summed E-state index contributed by atoms with van der Waals surface area (Å²) in [5, 5.41) is 0. The average Bonchev–Trinajstić information content (AvgIpc) is 2.35. The van der Waals surface area contributed by atoms with E-state index in [1.807, 2.05) is 0 Å². The highest BCUT2D eigenvalue weighted by Gasteiger charge is 2.01. The van der Waals surface area contributed by atoms with Crippen LogP contribution in [0.25, 0.3) is 0 Å². The number of anilines is 2. The Morgan fingerprint density at radius 1 is 0.722 bits per heavy atom. The second-order valence-corrected chi connectivity index (χ2v) is 4.82. The molecule has 0 heterocycles. The van der Waals surface area contributed by atoms with Crippen LogP contribution in [-0.4, -0.2) is 0 Å². The van der Waals surface area contributed by atoms with Gasteiger partial charge < -0.3 is 10.9 Å². The Bertz CT molecular complexity index is 557. The predicted molar refractivity (Wildman–Crippen MR) is 79.1 cm³/mol. The molecule has 0 unspecified atom stereocenters. The van der Waals surface area contributed by atoms with Crippen LogP contribution in [0.3, 0.4) is 0 Å². The third kappa shape index (κ3) is 2.65. The van der Waals surface area contributed by atoms with Gasteiger partial charge in [-0.15, -0.1) is 0 Å². The van der Waals surface area contributed by atoms with Crippen molar-refractivity contribution >= 4 is 11.4 Å². The molecule has 0 aliphatic carbocycles. The molecule has 0 amide bonds. The van der Waals surface area contributed by atoms with Crippen LogP contribution in [0.15, 0.2) is 36.4 Å². The number of hydrazine groups is 1. The predicted octanol–water partition coefficient (Wildman–Crippen LogP) is 4.36. The zero-order valence-electron chi connectivity index (χ0n) is 11.5. The van der Waals surface area contributed by atoms with Crippen LogP contribution >= 0.6 is 0 Å². The van der Waals surface area contributed by atoms with Crippen LogP contribution < -0.4 is 10.9 Å². The van der Waals surface area contributed by atoms with Gasteiger partial charge >= 0.3 is 0 Å². The highest BCUT2D eigenvalue weighted by atomic mass is 15.4. The van der Waals surface area contributed by atoms with E-state index in [0.29, 0.717) is 0 Å². The van der Waals surface area contributed by atoms with Gasteiger partial charge in [-0.1, -0.05) is 24.3 Å². The fourth-order valence-corrected chi connectivity index (χ4v) is 1.89. The summed E-state index contributed by atoms with van der Waals surface area (Å²) in [4.78, 5) is 0. The Morgan fingerprint density at radius 3 is 2.22 bits per heavy atom. The number of hydrogen-bond donors (Lipinski definition) is 2. The Balaban J connectivity index is 2.16. The topological polar surface area (TPSA) is 24.1 Å². The summed E-state index contributed by atoms with van der Waals surface area (Å²) in [5.74, 6) is 0. The molecule has 0 bridgehead atoms. The Morgan fingerprint density at radius 2 is 1.44 bits per heavy atom. The molecular weight excluding hydrogens is 220 g/mol. The SMILES string of the molecule is Cc1ccc(C)c(NNc2cccc(C)c2C)c1. The van der Waals surface area contributed by atoms with Gasteiger partial charge in [-0.05, 0) is 62.1 Å². The monoisotopic (exact) mass is 240 g/mol. The van der Waals surface area contributed by atoms with E-state index in [1.54, 1.807) is 0 Å². The highest BCUT2D eigenvalue weighted by Crippen LogP contribution is 2.20. The Kier molecular flexibility index (Phi) is 3.56. The van der Waals surface area contributed by atoms with Crippen molar-refractivity contribution in [3.05, 3.63) is 58.7 Å². The van der Waals surface area contributed by atoms with E-state index < -0.39 is 0 Å². The quantitative estimate of drug-likeness (QED) is 0.779. The molecule has 18 heavy (non-hydrogen) atoms. The van der Waals surface area contributed by atoms with Gasteiger partial charge in [-0.3, -0.25) is 0 Å². The number of hydrogen-bond acceptors (Lipinski definition) is 2. The number of rotatable bonds is 3. The van der Waals surface area contributed by atoms with Gasteiger partial charge in [0.05, 0.1) is 11.4 Å². The average molecular weight is 240 g/mol. The number of aryl methyl sites for hydroxylation is 3. The molecule has 0 aliphatic heterocycles. The van der Waals surface area contributed by atoms with Crippen LogP contribution in [0.4, 0.5) is 11.4 Å². The van der Waals surface area contributed by atoms with Gasteiger partial charge in [0, 0.05) is 0 Å². The zero-order chi connectivity index (χ0) is 13.1. The molecule has 2 rings (SSSR count). The summed E-state index contributed by atoms with van der Waals surface area (Å²) in [7, 11) is 0. The summed E-state index contributed by atoms with van der Waals surface area (Å²) in [6.07, 6.45) is 0. The molecule has 2 heteroatoms. The number of benzene rings is 2. The second kappa shape index (κ2) is 5.13. The van der Waals surface area contributed by atoms with Crippen LogP contribution in [0, 0.1) is 27.7 Å². The molecule has 0 saturated heterocycles. The first-order chi connectivity index (χ1) is 8.58. The minimum Gasteiger partial charge on any atom is -0.301 e. The third-order valence-electron chi connectivity index (χ3n) is 3.33. The maximum Gasteiger partial charge on any atom is 0.0571 e. The highest BCUT2D eigenvalue weighted by molar-refractivity contribution is 5.60. The van der Waals surface area contributed by atoms with Crippen molar-refractivity contribution in [2.45, 2.75) is 27.7 Å². The molecule has 2 aromatic rings. The van der Waals surface area contributed by atoms with E-state index in [9.17, 15) is 0 Å². The van der Waals surface area contributed by atoms with Crippen LogP contribution in [-0.2, 0) is 0 Å². The summed E-state index contributed by atoms with van der Waals surface area (Å²) < 4.78 is 0. The molecule has 0 atom stereocenters. The lowest BCUT2D eigenvalue weighted by molar-refractivity contribution is 1.28. The van der Waals surface area contributed by atoms with Crippen molar-refractivity contribution in [1.82, 2.24) is 0 Å². The summed E-state index contributed by atoms with van der Waals surface area (Å²) >= 11 is 0. The van der Waals surface area contributed by atoms with E-state index in [-0.39, 0.29) is 0 Å². The van der Waals surface area contributed by atoms with E-state index in [2.05, 4.69) is 74.9 Å². The van der Waals surface area contributed by atoms with Gasteiger partial charge in [0.1, 0.15) is 0 Å². The summed E-state index contributed by atoms with van der Waals surface area (Å²) in [6.45, 7) is 8.45. The molecule has 0 saturated carbocycles. The fourth-order valence-electron chi connectivity index (χ4n) is 1.89. The lowest BCUT2D eigenvalue weighted by atomic mass is 10.1. The van der Waals surface area contributed by atoms with Crippen molar-refractivity contribution in [3.8, 4) is 0 Å². The molecule has 2 aromatic carbocycles. The van der Waals surface area contributed by atoms with Crippen LogP contribution in [0.1, 0.15) is 22.3 Å². The van der Waals surface area contributed by atoms with Crippen molar-refractivity contribution in [3.63, 3.8) is 0 Å². The molecule has 0 radical (unpaired) electrons. The van der Waals surface area contributed by atoms with E-state index in [1.165, 1.54) is 22.3 Å². The molecule has 2 nitrogen and oxygen atoms in total. The first kappa shape index (κ1) is 12.5. The van der Waals surface area contributed by atoms with E-state index in [4.69, 9.17) is 0 Å². The molecule has 0 spiro atoms. The second-order valence-electron chi connectivity index (χ2n) is 4.82. The minimum absolute atomic E-state index is 1.12. The maximum absolute atomic E-state index is 3.29. The van der Waals surface area contributed by atoms with Crippen LogP contribution in [0.5, 0.6) is 0 Å². The van der Waals surface area contributed by atoms with Crippen molar-refractivity contribution in [2.24, 2.45) is 0 Å². The van der Waals surface area contributed by atoms with Gasteiger partial charge in [0.15, 0.2) is 0 Å². The van der Waals surface area contributed by atoms with Gasteiger partial charge in [-0.2, -0.15) is 0 Å². The Hall–Kier alpha value is -1.96. The lowest BCUT2D eigenvalue weighted by Gasteiger charge is -2.15. The molecule has 94 valence electrons. The van der Waals surface area contributed by atoms with Crippen molar-refractivity contribution in [2.75, 3.05) is 10.9 Å². The summed E-state index contributed by atoms with van der Waals surface area (Å²) in [6, 6.07) is 12.7. The summed E-state index contributed by atoms with van der Waals surface area (Å²) in [5.41, 5.74) is 13.9. The molecular formula is C16H20N2. The molecule has 0 fully saturated rings. The largest absolute Gasteiger partial charge is 0.301 e. The van der Waals surface area contributed by atoms with E-state index in [0.717, 1.165) is 11.4 Å². The first-order valence-corrected chi connectivity index (χ1v) is 6.23. The lowest BCUT2D eigenvalue weighted by Crippen LogP contribution is -2.11. The first-order valence-electron chi connectivity index (χ1n) is 6.23. The van der Waals surface area contributed by atoms with Crippen molar-refractivity contribution < 1.29 is 0 Å². The molecule has 0 aromatic heterocycles. The number of nitrogens with one attached hydrogen (secondary N) is 2. The van der Waals surface area contributed by atoms with Gasteiger partial charge in [-0.25, -0.2) is 0 Å². The van der Waals surface area contributed by atoms with Gasteiger partial charge in [0.2, 0.25) is 0 Å². The normalized spacial score (nSPS) is 10.2. The van der Waals surface area contributed by atoms with Gasteiger partial charge in [0.25, 0.3) is 0 Å². The standard InChI is InChI=1S/C16H20N2/c1-11-8-9-13(3)16(10-11)18-17-15-7-5-6-12(2)14(15)4/h5-10,17-18H,1-4H3. The van der Waals surface area contributed by atoms with Crippen molar-refractivity contribution in [1.29, 1.82) is 0 Å².